The number of carbonyl (C=O) groups is 1. The van der Waals surface area contributed by atoms with E-state index in [1.807, 2.05) is 4.90 Å². The molecule has 2 amide bonds. The Bertz CT molecular complexity index is 1130. The summed E-state index contributed by atoms with van der Waals surface area (Å²) >= 11 is 0. The minimum atomic E-state index is -4.57. The summed E-state index contributed by atoms with van der Waals surface area (Å²) in [6, 6.07) is -0.202. The number of H-pyrrole nitrogens is 1. The fourth-order valence-corrected chi connectivity index (χ4v) is 6.08. The van der Waals surface area contributed by atoms with Crippen molar-refractivity contribution in [2.75, 3.05) is 39.3 Å². The largest absolute Gasteiger partial charge is 0.453 e. The third-order valence-corrected chi connectivity index (χ3v) is 7.61. The zero-order valence-electron chi connectivity index (χ0n) is 18.4. The first kappa shape index (κ1) is 22.6. The van der Waals surface area contributed by atoms with Crippen LogP contribution in [0.25, 0.3) is 0 Å². The van der Waals surface area contributed by atoms with E-state index in [4.69, 9.17) is 0 Å². The highest BCUT2D eigenvalue weighted by molar-refractivity contribution is 5.77. The van der Waals surface area contributed by atoms with Gasteiger partial charge < -0.3 is 14.8 Å². The van der Waals surface area contributed by atoms with Gasteiger partial charge in [-0.3, -0.25) is 4.90 Å². The summed E-state index contributed by atoms with van der Waals surface area (Å²) in [4.78, 5) is 27.5. The van der Waals surface area contributed by atoms with Crippen LogP contribution in [-0.2, 0) is 18.9 Å². The first-order chi connectivity index (χ1) is 16.3. The maximum Gasteiger partial charge on any atom is 0.453 e. The molecule has 1 saturated carbocycles. The number of urea groups is 1. The predicted octanol–water partition coefficient (Wildman–Crippen LogP) is 2.61. The van der Waals surface area contributed by atoms with E-state index in [-0.39, 0.29) is 35.1 Å². The molecule has 0 atom stereocenters. The molecule has 2 aromatic heterocycles. The number of alkyl halides is 6. The van der Waals surface area contributed by atoms with E-state index < -0.39 is 23.9 Å². The fraction of sp³-hybridized carbons (Fsp3) is 0.700. The van der Waals surface area contributed by atoms with Gasteiger partial charge in [0.05, 0.1) is 18.1 Å². The molecular weight excluding hydrogens is 482 g/mol. The number of aromatic nitrogens is 5. The van der Waals surface area contributed by atoms with Crippen molar-refractivity contribution in [3.8, 4) is 0 Å². The Morgan fingerprint density at radius 2 is 1.57 bits per heavy atom. The third kappa shape index (κ3) is 3.74. The number of likely N-dealkylation sites (tertiary alicyclic amines) is 3. The van der Waals surface area contributed by atoms with Crippen LogP contribution in [-0.4, -0.2) is 84.7 Å². The van der Waals surface area contributed by atoms with Crippen LogP contribution < -0.4 is 0 Å². The Labute approximate surface area is 195 Å². The first-order valence-electron chi connectivity index (χ1n) is 11.2. The van der Waals surface area contributed by atoms with E-state index in [1.54, 1.807) is 9.80 Å². The number of rotatable bonds is 3. The van der Waals surface area contributed by atoms with Gasteiger partial charge in [0.25, 0.3) is 5.82 Å². The Morgan fingerprint density at radius 3 is 2.14 bits per heavy atom. The summed E-state index contributed by atoms with van der Waals surface area (Å²) in [5, 5.41) is 3.54. The monoisotopic (exact) mass is 504 g/mol. The van der Waals surface area contributed by atoms with E-state index in [1.165, 1.54) is 4.68 Å². The smallest absolute Gasteiger partial charge is 0.341 e. The van der Waals surface area contributed by atoms with E-state index in [2.05, 4.69) is 20.1 Å². The molecule has 5 heterocycles. The summed E-state index contributed by atoms with van der Waals surface area (Å²) in [5.74, 6) is -1.14. The first-order valence-corrected chi connectivity index (χ1v) is 11.2. The Kier molecular flexibility index (Phi) is 4.59. The molecular formula is C20H22F6N8O. The summed E-state index contributed by atoms with van der Waals surface area (Å²) in [6.07, 6.45) is -5.56. The highest BCUT2D eigenvalue weighted by Crippen LogP contribution is 2.54. The molecule has 3 saturated heterocycles. The average molecular weight is 504 g/mol. The van der Waals surface area contributed by atoms with Crippen LogP contribution in [0.4, 0.5) is 31.1 Å². The second kappa shape index (κ2) is 7.11. The van der Waals surface area contributed by atoms with Crippen LogP contribution in [0, 0.1) is 10.8 Å². The van der Waals surface area contributed by atoms with Gasteiger partial charge in [-0.1, -0.05) is 0 Å². The minimum absolute atomic E-state index is 0.0233. The zero-order chi connectivity index (χ0) is 24.8. The quantitative estimate of drug-likeness (QED) is 0.650. The van der Waals surface area contributed by atoms with Gasteiger partial charge in [0.2, 0.25) is 0 Å². The molecule has 3 aliphatic heterocycles. The van der Waals surface area contributed by atoms with Crippen LogP contribution in [0.3, 0.4) is 0 Å². The second-order valence-corrected chi connectivity index (χ2v) is 10.5. The zero-order valence-corrected chi connectivity index (χ0v) is 18.4. The van der Waals surface area contributed by atoms with Crippen molar-refractivity contribution < 1.29 is 31.1 Å². The number of halogens is 6. The molecule has 0 aromatic carbocycles. The van der Waals surface area contributed by atoms with E-state index in [0.29, 0.717) is 52.1 Å². The lowest BCUT2D eigenvalue weighted by molar-refractivity contribution is -0.145. The number of carbonyl (C=O) groups excluding carboxylic acids is 1. The van der Waals surface area contributed by atoms with Crippen molar-refractivity contribution in [1.29, 1.82) is 0 Å². The van der Waals surface area contributed by atoms with E-state index in [9.17, 15) is 31.1 Å². The van der Waals surface area contributed by atoms with Gasteiger partial charge in [-0.2, -0.15) is 26.3 Å². The molecule has 2 aromatic rings. The molecule has 1 N–H and O–H groups in total. The molecule has 0 radical (unpaired) electrons. The van der Waals surface area contributed by atoms with Crippen molar-refractivity contribution in [3.63, 3.8) is 0 Å². The summed E-state index contributed by atoms with van der Waals surface area (Å²) in [7, 11) is 0. The predicted molar refractivity (Wildman–Crippen MR) is 106 cm³/mol. The lowest BCUT2D eigenvalue weighted by Gasteiger charge is -2.63. The van der Waals surface area contributed by atoms with Crippen molar-refractivity contribution in [3.05, 3.63) is 29.9 Å². The SMILES string of the molecule is O=C(N1CC2(CC(n3cnc(C(F)(F)F)n3)C2)C1)N1CC2(CN(Cc3nc[nH]c3C(F)(F)F)C2)C1. The van der Waals surface area contributed by atoms with Crippen molar-refractivity contribution in [2.45, 2.75) is 37.8 Å². The molecule has 2 spiro atoms. The third-order valence-electron chi connectivity index (χ3n) is 7.61. The van der Waals surface area contributed by atoms with Crippen molar-refractivity contribution >= 4 is 6.03 Å². The molecule has 35 heavy (non-hydrogen) atoms. The van der Waals surface area contributed by atoms with Crippen LogP contribution >= 0.6 is 0 Å². The molecule has 1 aliphatic carbocycles. The Hall–Kier alpha value is -2.84. The van der Waals surface area contributed by atoms with Crippen molar-refractivity contribution in [2.24, 2.45) is 10.8 Å². The highest BCUT2D eigenvalue weighted by atomic mass is 19.4. The summed E-state index contributed by atoms with van der Waals surface area (Å²) < 4.78 is 78.3. The molecule has 15 heteroatoms. The van der Waals surface area contributed by atoms with Crippen LogP contribution in [0.2, 0.25) is 0 Å². The van der Waals surface area contributed by atoms with Crippen LogP contribution in [0.5, 0.6) is 0 Å². The summed E-state index contributed by atoms with van der Waals surface area (Å²) in [5.41, 5.74) is -0.985. The normalized spacial score (nSPS) is 23.7. The number of nitrogens with zero attached hydrogens (tertiary/aromatic N) is 7. The summed E-state index contributed by atoms with van der Waals surface area (Å²) in [6.45, 7) is 3.62. The topological polar surface area (TPSA) is 86.2 Å². The maximum absolute atomic E-state index is 13.0. The highest BCUT2D eigenvalue weighted by Gasteiger charge is 2.58. The standard InChI is InChI=1S/C20H22F6N8O/c21-19(22,23)14-13(27-10-28-14)3-31-4-18(5-31)8-33(9-18)16(35)32-6-17(7-32)1-12(2-17)34-11-29-15(30-34)20(24,25)26/h10-12H,1-9H2,(H,27,28). The Morgan fingerprint density at radius 1 is 0.943 bits per heavy atom. The fourth-order valence-electron chi connectivity index (χ4n) is 6.08. The lowest BCUT2D eigenvalue weighted by Crippen LogP contribution is -2.75. The molecule has 4 aliphatic rings. The Balaban J connectivity index is 0.939. The molecule has 9 nitrogen and oxygen atoms in total. The van der Waals surface area contributed by atoms with Gasteiger partial charge in [-0.15, -0.1) is 5.10 Å². The average Bonchev–Trinajstić information content (AvgIpc) is 3.28. The molecule has 0 unspecified atom stereocenters. The van der Waals surface area contributed by atoms with Gasteiger partial charge in [-0.25, -0.2) is 19.4 Å². The lowest BCUT2D eigenvalue weighted by atomic mass is 9.60. The number of nitrogens with one attached hydrogen (secondary N) is 1. The molecule has 0 bridgehead atoms. The number of hydrogen-bond donors (Lipinski definition) is 1. The second-order valence-electron chi connectivity index (χ2n) is 10.5. The van der Waals surface area contributed by atoms with E-state index >= 15 is 0 Å². The minimum Gasteiger partial charge on any atom is -0.341 e. The van der Waals surface area contributed by atoms with Gasteiger partial charge in [0.1, 0.15) is 12.0 Å². The van der Waals surface area contributed by atoms with E-state index in [0.717, 1.165) is 12.7 Å². The molecule has 4 fully saturated rings. The van der Waals surface area contributed by atoms with Gasteiger partial charge in [-0.05, 0) is 12.8 Å². The number of imidazole rings is 1. The van der Waals surface area contributed by atoms with Crippen LogP contribution in [0.15, 0.2) is 12.7 Å². The van der Waals surface area contributed by atoms with Gasteiger partial charge in [0, 0.05) is 56.6 Å². The molecule has 190 valence electrons. The van der Waals surface area contributed by atoms with Gasteiger partial charge >= 0.3 is 18.4 Å². The van der Waals surface area contributed by atoms with Crippen LogP contribution in [0.1, 0.15) is 36.1 Å². The van der Waals surface area contributed by atoms with Gasteiger partial charge in [0.15, 0.2) is 0 Å². The number of hydrogen-bond acceptors (Lipinski definition) is 5. The molecule has 6 rings (SSSR count). The number of amides is 2. The maximum atomic E-state index is 13.0. The van der Waals surface area contributed by atoms with Crippen molar-refractivity contribution in [1.82, 2.24) is 39.4 Å². The number of aromatic amines is 1.